The standard InChI is InChI=1S/C15H25N/c1-6-12(4)15(16-7-2)14-10-11(3)8-9-13(14)5/h8-10,12,15-16H,6-7H2,1-5H3. The van der Waals surface area contributed by atoms with Crippen LogP contribution >= 0.6 is 0 Å². The summed E-state index contributed by atoms with van der Waals surface area (Å²) in [7, 11) is 0. The zero-order valence-corrected chi connectivity index (χ0v) is 11.3. The van der Waals surface area contributed by atoms with Gasteiger partial charge in [0.2, 0.25) is 0 Å². The van der Waals surface area contributed by atoms with Crippen molar-refractivity contribution in [2.75, 3.05) is 6.54 Å². The number of aryl methyl sites for hydroxylation is 2. The van der Waals surface area contributed by atoms with E-state index in [1.54, 1.807) is 0 Å². The molecule has 0 spiro atoms. The Morgan fingerprint density at radius 1 is 1.19 bits per heavy atom. The summed E-state index contributed by atoms with van der Waals surface area (Å²) in [6.45, 7) is 12.2. The van der Waals surface area contributed by atoms with Gasteiger partial charge in [-0.05, 0) is 37.4 Å². The molecule has 2 unspecified atom stereocenters. The molecule has 1 N–H and O–H groups in total. The zero-order chi connectivity index (χ0) is 12.1. The highest BCUT2D eigenvalue weighted by atomic mass is 14.9. The van der Waals surface area contributed by atoms with Crippen LogP contribution in [0.4, 0.5) is 0 Å². The Balaban J connectivity index is 3.04. The molecule has 0 radical (unpaired) electrons. The molecule has 0 aliphatic rings. The van der Waals surface area contributed by atoms with Gasteiger partial charge in [0, 0.05) is 6.04 Å². The quantitative estimate of drug-likeness (QED) is 0.789. The topological polar surface area (TPSA) is 12.0 Å². The second-order valence-corrected chi connectivity index (χ2v) is 4.78. The molecule has 0 bridgehead atoms. The third kappa shape index (κ3) is 3.08. The van der Waals surface area contributed by atoms with Crippen LogP contribution < -0.4 is 5.32 Å². The number of rotatable bonds is 5. The van der Waals surface area contributed by atoms with Crippen molar-refractivity contribution in [1.82, 2.24) is 5.32 Å². The SMILES string of the molecule is CCNC(c1cc(C)ccc1C)C(C)CC. The predicted molar refractivity (Wildman–Crippen MR) is 71.8 cm³/mol. The van der Waals surface area contributed by atoms with Gasteiger partial charge in [0.1, 0.15) is 0 Å². The third-order valence-corrected chi connectivity index (χ3v) is 3.41. The molecule has 1 nitrogen and oxygen atoms in total. The fraction of sp³-hybridized carbons (Fsp3) is 0.600. The Morgan fingerprint density at radius 3 is 2.44 bits per heavy atom. The highest BCUT2D eigenvalue weighted by Gasteiger charge is 2.18. The molecule has 1 aromatic carbocycles. The Kier molecular flexibility index (Phi) is 5.01. The van der Waals surface area contributed by atoms with Crippen molar-refractivity contribution in [2.45, 2.75) is 47.1 Å². The fourth-order valence-electron chi connectivity index (χ4n) is 2.17. The molecule has 0 aliphatic carbocycles. The second-order valence-electron chi connectivity index (χ2n) is 4.78. The van der Waals surface area contributed by atoms with E-state index in [0.717, 1.165) is 6.54 Å². The van der Waals surface area contributed by atoms with Crippen molar-refractivity contribution < 1.29 is 0 Å². The van der Waals surface area contributed by atoms with E-state index in [1.165, 1.54) is 23.1 Å². The molecule has 0 saturated carbocycles. The highest BCUT2D eigenvalue weighted by Crippen LogP contribution is 2.27. The summed E-state index contributed by atoms with van der Waals surface area (Å²) in [5.41, 5.74) is 4.22. The number of hydrogen-bond acceptors (Lipinski definition) is 1. The lowest BCUT2D eigenvalue weighted by Crippen LogP contribution is -2.27. The summed E-state index contributed by atoms with van der Waals surface area (Å²) < 4.78 is 0. The molecule has 0 heterocycles. The summed E-state index contributed by atoms with van der Waals surface area (Å²) in [6, 6.07) is 7.25. The smallest absolute Gasteiger partial charge is 0.0348 e. The molecule has 0 aliphatic heterocycles. The Labute approximate surface area is 100 Å². The maximum Gasteiger partial charge on any atom is 0.0348 e. The highest BCUT2D eigenvalue weighted by molar-refractivity contribution is 5.33. The molecule has 2 atom stereocenters. The maximum atomic E-state index is 3.62. The lowest BCUT2D eigenvalue weighted by Gasteiger charge is -2.26. The van der Waals surface area contributed by atoms with Crippen molar-refractivity contribution in [3.05, 3.63) is 34.9 Å². The van der Waals surface area contributed by atoms with E-state index in [4.69, 9.17) is 0 Å². The monoisotopic (exact) mass is 219 g/mol. The first-order chi connectivity index (χ1) is 7.60. The summed E-state index contributed by atoms with van der Waals surface area (Å²) >= 11 is 0. The van der Waals surface area contributed by atoms with Crippen molar-refractivity contribution in [2.24, 2.45) is 5.92 Å². The molecule has 1 rings (SSSR count). The molecule has 1 heteroatoms. The van der Waals surface area contributed by atoms with Crippen LogP contribution in [0.25, 0.3) is 0 Å². The number of benzene rings is 1. The average Bonchev–Trinajstić information content (AvgIpc) is 2.28. The van der Waals surface area contributed by atoms with Crippen LogP contribution in [0.2, 0.25) is 0 Å². The Morgan fingerprint density at radius 2 is 1.88 bits per heavy atom. The van der Waals surface area contributed by atoms with Gasteiger partial charge in [-0.1, -0.05) is 51.0 Å². The largest absolute Gasteiger partial charge is 0.310 e. The normalized spacial score (nSPS) is 14.8. The van der Waals surface area contributed by atoms with Gasteiger partial charge in [-0.25, -0.2) is 0 Å². The van der Waals surface area contributed by atoms with Crippen LogP contribution in [0.1, 0.15) is 49.9 Å². The lowest BCUT2D eigenvalue weighted by molar-refractivity contribution is 0.382. The minimum absolute atomic E-state index is 0.495. The molecule has 0 amide bonds. The van der Waals surface area contributed by atoms with Gasteiger partial charge >= 0.3 is 0 Å². The minimum Gasteiger partial charge on any atom is -0.310 e. The van der Waals surface area contributed by atoms with Gasteiger partial charge < -0.3 is 5.32 Å². The van der Waals surface area contributed by atoms with E-state index < -0.39 is 0 Å². The van der Waals surface area contributed by atoms with Crippen LogP contribution in [-0.2, 0) is 0 Å². The summed E-state index contributed by atoms with van der Waals surface area (Å²) in [5, 5.41) is 3.62. The third-order valence-electron chi connectivity index (χ3n) is 3.41. The molecule has 0 fully saturated rings. The minimum atomic E-state index is 0.495. The summed E-state index contributed by atoms with van der Waals surface area (Å²) in [5.74, 6) is 0.681. The van der Waals surface area contributed by atoms with Crippen molar-refractivity contribution >= 4 is 0 Å². The lowest BCUT2D eigenvalue weighted by atomic mass is 9.89. The zero-order valence-electron chi connectivity index (χ0n) is 11.3. The summed E-state index contributed by atoms with van der Waals surface area (Å²) in [4.78, 5) is 0. The Bertz CT molecular complexity index is 330. The molecule has 90 valence electrons. The average molecular weight is 219 g/mol. The second kappa shape index (κ2) is 6.05. The van der Waals surface area contributed by atoms with Crippen LogP contribution in [0.15, 0.2) is 18.2 Å². The first-order valence-electron chi connectivity index (χ1n) is 6.40. The van der Waals surface area contributed by atoms with Gasteiger partial charge in [-0.15, -0.1) is 0 Å². The van der Waals surface area contributed by atoms with Gasteiger partial charge in [0.05, 0.1) is 0 Å². The van der Waals surface area contributed by atoms with Crippen molar-refractivity contribution in [1.29, 1.82) is 0 Å². The van der Waals surface area contributed by atoms with Gasteiger partial charge in [0.25, 0.3) is 0 Å². The van der Waals surface area contributed by atoms with E-state index >= 15 is 0 Å². The predicted octanol–water partition coefficient (Wildman–Crippen LogP) is 4.00. The van der Waals surface area contributed by atoms with E-state index in [1.807, 2.05) is 0 Å². The Hall–Kier alpha value is -0.820. The molecule has 0 saturated heterocycles. The maximum absolute atomic E-state index is 3.62. The van der Waals surface area contributed by atoms with Crippen molar-refractivity contribution in [3.8, 4) is 0 Å². The van der Waals surface area contributed by atoms with E-state index in [0.29, 0.717) is 12.0 Å². The van der Waals surface area contributed by atoms with Gasteiger partial charge in [-0.2, -0.15) is 0 Å². The van der Waals surface area contributed by atoms with Gasteiger partial charge in [-0.3, -0.25) is 0 Å². The number of hydrogen-bond donors (Lipinski definition) is 1. The fourth-order valence-corrected chi connectivity index (χ4v) is 2.17. The molecular formula is C15H25N. The van der Waals surface area contributed by atoms with Crippen LogP contribution in [0.5, 0.6) is 0 Å². The van der Waals surface area contributed by atoms with Crippen molar-refractivity contribution in [3.63, 3.8) is 0 Å². The van der Waals surface area contributed by atoms with E-state index in [2.05, 4.69) is 58.1 Å². The van der Waals surface area contributed by atoms with E-state index in [-0.39, 0.29) is 0 Å². The number of nitrogens with one attached hydrogen (secondary N) is 1. The van der Waals surface area contributed by atoms with Crippen LogP contribution in [-0.4, -0.2) is 6.54 Å². The summed E-state index contributed by atoms with van der Waals surface area (Å²) in [6.07, 6.45) is 1.21. The van der Waals surface area contributed by atoms with Gasteiger partial charge in [0.15, 0.2) is 0 Å². The first kappa shape index (κ1) is 13.2. The molecular weight excluding hydrogens is 194 g/mol. The van der Waals surface area contributed by atoms with Crippen LogP contribution in [0.3, 0.4) is 0 Å². The van der Waals surface area contributed by atoms with Crippen LogP contribution in [0, 0.1) is 19.8 Å². The first-order valence-corrected chi connectivity index (χ1v) is 6.40. The van der Waals surface area contributed by atoms with E-state index in [9.17, 15) is 0 Å². The molecule has 0 aromatic heterocycles. The molecule has 16 heavy (non-hydrogen) atoms. The molecule has 1 aromatic rings.